The molecule has 18 heavy (non-hydrogen) atoms. The van der Waals surface area contributed by atoms with Crippen LogP contribution in [0, 0.1) is 0 Å². The van der Waals surface area contributed by atoms with Crippen LogP contribution in [-0.2, 0) is 6.54 Å². The second-order valence-corrected chi connectivity index (χ2v) is 4.22. The number of nitrogens with one attached hydrogen (secondary N) is 1. The van der Waals surface area contributed by atoms with E-state index in [1.807, 2.05) is 26.2 Å². The van der Waals surface area contributed by atoms with Crippen LogP contribution in [0.3, 0.4) is 0 Å². The lowest BCUT2D eigenvalue weighted by atomic mass is 10.2. The van der Waals surface area contributed by atoms with Gasteiger partial charge in [0.2, 0.25) is 0 Å². The number of rotatable bonds is 8. The summed E-state index contributed by atoms with van der Waals surface area (Å²) in [6.07, 6.45) is 1.08. The minimum absolute atomic E-state index is 0.201. The summed E-state index contributed by atoms with van der Waals surface area (Å²) in [5.41, 5.74) is 1.09. The van der Waals surface area contributed by atoms with Crippen molar-refractivity contribution in [2.45, 2.75) is 19.6 Å². The second-order valence-electron chi connectivity index (χ2n) is 4.22. The number of hydrogen-bond acceptors (Lipinski definition) is 3. The topological polar surface area (TPSA) is 24.5 Å². The number of benzene rings is 1. The molecule has 1 rings (SSSR count). The largest absolute Gasteiger partial charge is 0.435 e. The van der Waals surface area contributed by atoms with E-state index in [1.54, 1.807) is 12.1 Å². The van der Waals surface area contributed by atoms with E-state index in [0.717, 1.165) is 31.6 Å². The summed E-state index contributed by atoms with van der Waals surface area (Å²) in [6.45, 7) is 0.0281. The van der Waals surface area contributed by atoms with Crippen LogP contribution >= 0.6 is 0 Å². The van der Waals surface area contributed by atoms with Gasteiger partial charge in [0.15, 0.2) is 0 Å². The molecule has 0 aromatic heterocycles. The van der Waals surface area contributed by atoms with Crippen LogP contribution in [-0.4, -0.2) is 38.7 Å². The summed E-state index contributed by atoms with van der Waals surface area (Å²) in [4.78, 5) is 2.19. The van der Waals surface area contributed by atoms with Crippen molar-refractivity contribution in [2.24, 2.45) is 0 Å². The molecule has 0 aliphatic heterocycles. The molecule has 3 nitrogen and oxygen atoms in total. The van der Waals surface area contributed by atoms with Gasteiger partial charge in [-0.05, 0) is 51.3 Å². The zero-order valence-corrected chi connectivity index (χ0v) is 10.8. The first-order valence-electron chi connectivity index (χ1n) is 5.98. The zero-order valence-electron chi connectivity index (χ0n) is 10.8. The predicted octanol–water partition coefficient (Wildman–Crippen LogP) is 2.33. The fourth-order valence-electron chi connectivity index (χ4n) is 1.69. The van der Waals surface area contributed by atoms with Gasteiger partial charge in [0.05, 0.1) is 0 Å². The molecule has 0 spiro atoms. The molecule has 0 amide bonds. The van der Waals surface area contributed by atoms with E-state index in [0.29, 0.717) is 0 Å². The Morgan fingerprint density at radius 3 is 2.50 bits per heavy atom. The Labute approximate surface area is 107 Å². The van der Waals surface area contributed by atoms with Crippen LogP contribution in [0.1, 0.15) is 12.0 Å². The molecule has 0 saturated carbocycles. The first-order chi connectivity index (χ1) is 8.61. The Kier molecular flexibility index (Phi) is 6.60. The van der Waals surface area contributed by atoms with Crippen molar-refractivity contribution in [3.8, 4) is 5.75 Å². The van der Waals surface area contributed by atoms with E-state index in [2.05, 4.69) is 15.0 Å². The second kappa shape index (κ2) is 8.00. The fourth-order valence-corrected chi connectivity index (χ4v) is 1.69. The number of alkyl halides is 2. The minimum atomic E-state index is -2.76. The van der Waals surface area contributed by atoms with Gasteiger partial charge in [-0.25, -0.2) is 0 Å². The summed E-state index contributed by atoms with van der Waals surface area (Å²) >= 11 is 0. The number of ether oxygens (including phenoxy) is 1. The minimum Gasteiger partial charge on any atom is -0.435 e. The molecule has 0 unspecified atom stereocenters. The molecule has 0 aliphatic carbocycles. The van der Waals surface area contributed by atoms with Gasteiger partial charge in [0.1, 0.15) is 5.75 Å². The van der Waals surface area contributed by atoms with E-state index in [4.69, 9.17) is 0 Å². The van der Waals surface area contributed by atoms with E-state index in [-0.39, 0.29) is 5.75 Å². The number of hydrogen-bond donors (Lipinski definition) is 1. The maximum Gasteiger partial charge on any atom is 0.387 e. The van der Waals surface area contributed by atoms with E-state index >= 15 is 0 Å². The lowest BCUT2D eigenvalue weighted by molar-refractivity contribution is -0.0498. The SMILES string of the molecule is CNCCCN(C)Cc1ccc(OC(F)F)cc1. The quantitative estimate of drug-likeness (QED) is 0.724. The van der Waals surface area contributed by atoms with Crippen LogP contribution in [0.25, 0.3) is 0 Å². The molecule has 0 bridgehead atoms. The van der Waals surface area contributed by atoms with Gasteiger partial charge >= 0.3 is 6.61 Å². The van der Waals surface area contributed by atoms with Gasteiger partial charge in [-0.15, -0.1) is 0 Å². The average Bonchev–Trinajstić information content (AvgIpc) is 2.31. The molecule has 0 fully saturated rings. The number of nitrogens with zero attached hydrogens (tertiary/aromatic N) is 1. The molecule has 1 N–H and O–H groups in total. The molecule has 102 valence electrons. The maximum atomic E-state index is 12.0. The van der Waals surface area contributed by atoms with Crippen molar-refractivity contribution in [2.75, 3.05) is 27.2 Å². The summed E-state index contributed by atoms with van der Waals surface area (Å²) in [6, 6.07) is 6.77. The smallest absolute Gasteiger partial charge is 0.387 e. The monoisotopic (exact) mass is 258 g/mol. The number of halogens is 2. The Morgan fingerprint density at radius 1 is 1.28 bits per heavy atom. The normalized spacial score (nSPS) is 11.2. The summed E-state index contributed by atoms with van der Waals surface area (Å²) in [5.74, 6) is 0.201. The fraction of sp³-hybridized carbons (Fsp3) is 0.538. The lowest BCUT2D eigenvalue weighted by Gasteiger charge is -2.16. The van der Waals surface area contributed by atoms with Crippen LogP contribution in [0.5, 0.6) is 5.75 Å². The van der Waals surface area contributed by atoms with E-state index in [9.17, 15) is 8.78 Å². The Hall–Kier alpha value is -1.20. The first kappa shape index (κ1) is 14.9. The van der Waals surface area contributed by atoms with Crippen molar-refractivity contribution < 1.29 is 13.5 Å². The molecule has 0 radical (unpaired) electrons. The van der Waals surface area contributed by atoms with Crippen molar-refractivity contribution >= 4 is 0 Å². The zero-order chi connectivity index (χ0) is 13.4. The van der Waals surface area contributed by atoms with Crippen LogP contribution in [0.2, 0.25) is 0 Å². The first-order valence-corrected chi connectivity index (χ1v) is 5.98. The van der Waals surface area contributed by atoms with Gasteiger partial charge in [-0.1, -0.05) is 12.1 Å². The summed E-state index contributed by atoms with van der Waals surface area (Å²) < 4.78 is 28.2. The third-order valence-corrected chi connectivity index (χ3v) is 2.57. The molecule has 1 aromatic carbocycles. The van der Waals surface area contributed by atoms with Crippen LogP contribution < -0.4 is 10.1 Å². The Balaban J connectivity index is 2.38. The molecule has 0 saturated heterocycles. The predicted molar refractivity (Wildman–Crippen MR) is 68.0 cm³/mol. The lowest BCUT2D eigenvalue weighted by Crippen LogP contribution is -2.22. The molecule has 0 atom stereocenters. The highest BCUT2D eigenvalue weighted by molar-refractivity contribution is 5.27. The van der Waals surface area contributed by atoms with Crippen molar-refractivity contribution in [3.05, 3.63) is 29.8 Å². The molecule has 0 heterocycles. The molecule has 0 aliphatic rings. The van der Waals surface area contributed by atoms with Gasteiger partial charge in [0.25, 0.3) is 0 Å². The van der Waals surface area contributed by atoms with Gasteiger partial charge in [0, 0.05) is 6.54 Å². The molecular weight excluding hydrogens is 238 g/mol. The van der Waals surface area contributed by atoms with Crippen molar-refractivity contribution in [1.82, 2.24) is 10.2 Å². The van der Waals surface area contributed by atoms with Gasteiger partial charge in [-0.3, -0.25) is 0 Å². The van der Waals surface area contributed by atoms with E-state index < -0.39 is 6.61 Å². The standard InChI is InChI=1S/C13H20F2N2O/c1-16-8-3-9-17(2)10-11-4-6-12(7-5-11)18-13(14)15/h4-7,13,16H,3,8-10H2,1-2H3. The average molecular weight is 258 g/mol. The molecule has 1 aromatic rings. The molecule has 5 heteroatoms. The molecular formula is C13H20F2N2O. The summed E-state index contributed by atoms with van der Waals surface area (Å²) in [7, 11) is 3.97. The van der Waals surface area contributed by atoms with E-state index in [1.165, 1.54) is 0 Å². The van der Waals surface area contributed by atoms with Crippen molar-refractivity contribution in [1.29, 1.82) is 0 Å². The Bertz CT molecular complexity index is 330. The Morgan fingerprint density at radius 2 is 1.94 bits per heavy atom. The van der Waals surface area contributed by atoms with Crippen LogP contribution in [0.4, 0.5) is 8.78 Å². The third kappa shape index (κ3) is 5.93. The highest BCUT2D eigenvalue weighted by atomic mass is 19.3. The van der Waals surface area contributed by atoms with Crippen molar-refractivity contribution in [3.63, 3.8) is 0 Å². The highest BCUT2D eigenvalue weighted by Gasteiger charge is 2.04. The van der Waals surface area contributed by atoms with Gasteiger partial charge < -0.3 is 15.0 Å². The third-order valence-electron chi connectivity index (χ3n) is 2.57. The van der Waals surface area contributed by atoms with Crippen LogP contribution in [0.15, 0.2) is 24.3 Å². The highest BCUT2D eigenvalue weighted by Crippen LogP contribution is 2.15. The van der Waals surface area contributed by atoms with Gasteiger partial charge in [-0.2, -0.15) is 8.78 Å². The maximum absolute atomic E-state index is 12.0. The summed E-state index contributed by atoms with van der Waals surface area (Å²) in [5, 5.41) is 3.10.